The fourth-order valence-electron chi connectivity index (χ4n) is 2.02. The van der Waals surface area contributed by atoms with E-state index in [9.17, 15) is 0 Å². The van der Waals surface area contributed by atoms with Crippen LogP contribution < -0.4 is 10.4 Å². The summed E-state index contributed by atoms with van der Waals surface area (Å²) in [6, 6.07) is 2.24. The highest BCUT2D eigenvalue weighted by Crippen LogP contribution is 2.24. The first kappa shape index (κ1) is 9.71. The molecule has 1 aromatic rings. The Kier molecular flexibility index (Phi) is 2.87. The zero-order chi connectivity index (χ0) is 9.97. The normalized spacial score (nSPS) is 18.4. The van der Waals surface area contributed by atoms with Gasteiger partial charge in [-0.15, -0.1) is 0 Å². The van der Waals surface area contributed by atoms with Crippen LogP contribution in [-0.4, -0.2) is 5.10 Å². The van der Waals surface area contributed by atoms with Crippen molar-refractivity contribution in [2.45, 2.75) is 38.1 Å². The quantitative estimate of drug-likeness (QED) is 0.725. The van der Waals surface area contributed by atoms with Crippen LogP contribution >= 0.6 is 11.6 Å². The molecular weight excluding hydrogens is 198 g/mol. The van der Waals surface area contributed by atoms with Crippen molar-refractivity contribution in [3.05, 3.63) is 17.4 Å². The Bertz CT molecular complexity index is 321. The second-order valence-electron chi connectivity index (χ2n) is 3.85. The lowest BCUT2D eigenvalue weighted by Gasteiger charge is -2.15. The molecule has 0 bridgehead atoms. The monoisotopic (exact) mass is 212 g/mol. The van der Waals surface area contributed by atoms with Crippen molar-refractivity contribution >= 4 is 17.3 Å². The van der Waals surface area contributed by atoms with Gasteiger partial charge in [-0.3, -0.25) is 0 Å². The molecule has 0 saturated heterocycles. The third-order valence-corrected chi connectivity index (χ3v) is 3.04. The molecule has 1 saturated carbocycles. The van der Waals surface area contributed by atoms with Crippen molar-refractivity contribution in [3.8, 4) is 0 Å². The summed E-state index contributed by atoms with van der Waals surface area (Å²) < 4.78 is 1.90. The first-order valence-corrected chi connectivity index (χ1v) is 5.48. The second-order valence-corrected chi connectivity index (χ2v) is 4.24. The summed E-state index contributed by atoms with van der Waals surface area (Å²) >= 11 is 6.08. The van der Waals surface area contributed by atoms with E-state index in [2.05, 4.69) is 5.10 Å². The molecule has 0 radical (unpaired) electrons. The molecule has 0 aromatic carbocycles. The topological polar surface area (TPSA) is 42.8 Å². The molecule has 0 amide bonds. The number of halogens is 1. The molecule has 4 heteroatoms. The zero-order valence-corrected chi connectivity index (χ0v) is 8.87. The summed E-state index contributed by atoms with van der Waals surface area (Å²) in [5, 5.41) is 4.91. The molecule has 0 atom stereocenters. The molecule has 0 aliphatic heterocycles. The van der Waals surface area contributed by atoms with E-state index in [1.54, 1.807) is 12.3 Å². The third-order valence-electron chi connectivity index (χ3n) is 2.76. The SMILES string of the molecule is Nc1cn[n+](C2CCCCC2)c(Cl)c1. The minimum Gasteiger partial charge on any atom is -0.397 e. The van der Waals surface area contributed by atoms with Gasteiger partial charge >= 0.3 is 5.15 Å². The highest BCUT2D eigenvalue weighted by atomic mass is 35.5. The molecule has 14 heavy (non-hydrogen) atoms. The van der Waals surface area contributed by atoms with Crippen molar-refractivity contribution in [1.29, 1.82) is 0 Å². The van der Waals surface area contributed by atoms with E-state index in [4.69, 9.17) is 17.3 Å². The van der Waals surface area contributed by atoms with E-state index >= 15 is 0 Å². The lowest BCUT2D eigenvalue weighted by molar-refractivity contribution is -0.777. The summed E-state index contributed by atoms with van der Waals surface area (Å²) in [7, 11) is 0. The van der Waals surface area contributed by atoms with Crippen LogP contribution in [0.3, 0.4) is 0 Å². The molecular formula is C10H15ClN3+. The Hall–Kier alpha value is -0.830. The molecule has 76 valence electrons. The van der Waals surface area contributed by atoms with Crippen LogP contribution in [0.15, 0.2) is 12.3 Å². The maximum atomic E-state index is 6.08. The molecule has 1 heterocycles. The van der Waals surface area contributed by atoms with E-state index in [0.717, 1.165) is 0 Å². The number of hydrogen-bond donors (Lipinski definition) is 1. The van der Waals surface area contributed by atoms with Crippen LogP contribution in [-0.2, 0) is 0 Å². The van der Waals surface area contributed by atoms with Gasteiger partial charge in [-0.1, -0.05) is 11.1 Å². The highest BCUT2D eigenvalue weighted by molar-refractivity contribution is 6.28. The average Bonchev–Trinajstić information content (AvgIpc) is 2.19. The molecule has 2 rings (SSSR count). The molecule has 2 N–H and O–H groups in total. The van der Waals surface area contributed by atoms with Crippen molar-refractivity contribution in [3.63, 3.8) is 0 Å². The number of aromatic nitrogens is 2. The summed E-state index contributed by atoms with van der Waals surface area (Å²) in [5.74, 6) is 0. The predicted octanol–water partition coefficient (Wildman–Crippen LogP) is 2.11. The Morgan fingerprint density at radius 1 is 1.36 bits per heavy atom. The fraction of sp³-hybridized carbons (Fsp3) is 0.600. The molecule has 0 spiro atoms. The standard InChI is InChI=1S/C10H14ClN3/c11-10-6-8(12)7-13-14(10)9-4-2-1-3-5-9/h6-7,9,12H,1-5H2/p+1. The summed E-state index contributed by atoms with van der Waals surface area (Å²) in [6.45, 7) is 0. The van der Waals surface area contributed by atoms with E-state index in [1.807, 2.05) is 4.68 Å². The van der Waals surface area contributed by atoms with Gasteiger partial charge in [0.2, 0.25) is 0 Å². The van der Waals surface area contributed by atoms with Gasteiger partial charge in [0, 0.05) is 18.9 Å². The number of anilines is 1. The number of nitrogen functional groups attached to an aromatic ring is 1. The maximum Gasteiger partial charge on any atom is 0.302 e. The van der Waals surface area contributed by atoms with Gasteiger partial charge in [0.1, 0.15) is 6.20 Å². The highest BCUT2D eigenvalue weighted by Gasteiger charge is 2.26. The van der Waals surface area contributed by atoms with E-state index in [0.29, 0.717) is 16.9 Å². The Balaban J connectivity index is 2.22. The number of nitrogens with two attached hydrogens (primary N) is 1. The summed E-state index contributed by atoms with van der Waals surface area (Å²) in [5.41, 5.74) is 6.22. The van der Waals surface area contributed by atoms with Crippen molar-refractivity contribution < 1.29 is 4.68 Å². The van der Waals surface area contributed by atoms with Gasteiger partial charge < -0.3 is 5.73 Å². The third kappa shape index (κ3) is 1.98. The van der Waals surface area contributed by atoms with Crippen LogP contribution in [0, 0.1) is 0 Å². The van der Waals surface area contributed by atoms with Gasteiger partial charge in [0.15, 0.2) is 6.04 Å². The van der Waals surface area contributed by atoms with Gasteiger partial charge in [-0.25, -0.2) is 0 Å². The van der Waals surface area contributed by atoms with E-state index in [1.165, 1.54) is 32.1 Å². The molecule has 3 nitrogen and oxygen atoms in total. The Labute approximate surface area is 88.9 Å². The molecule has 0 unspecified atom stereocenters. The zero-order valence-electron chi connectivity index (χ0n) is 8.12. The summed E-state index contributed by atoms with van der Waals surface area (Å²) in [4.78, 5) is 0. The van der Waals surface area contributed by atoms with Gasteiger partial charge in [-0.2, -0.15) is 0 Å². The molecule has 1 aliphatic rings. The van der Waals surface area contributed by atoms with E-state index in [-0.39, 0.29) is 0 Å². The first-order chi connectivity index (χ1) is 6.77. The van der Waals surface area contributed by atoms with Crippen molar-refractivity contribution in [1.82, 2.24) is 5.10 Å². The number of nitrogens with zero attached hydrogens (tertiary/aromatic N) is 2. The van der Waals surface area contributed by atoms with Gasteiger partial charge in [0.25, 0.3) is 0 Å². The van der Waals surface area contributed by atoms with Crippen LogP contribution in [0.4, 0.5) is 5.69 Å². The second kappa shape index (κ2) is 4.13. The van der Waals surface area contributed by atoms with Crippen LogP contribution in [0.5, 0.6) is 0 Å². The lowest BCUT2D eigenvalue weighted by Crippen LogP contribution is -2.45. The minimum atomic E-state index is 0.469. The van der Waals surface area contributed by atoms with Crippen molar-refractivity contribution in [2.24, 2.45) is 0 Å². The van der Waals surface area contributed by atoms with Gasteiger partial charge in [-0.05, 0) is 29.5 Å². The lowest BCUT2D eigenvalue weighted by atomic mass is 9.96. The average molecular weight is 213 g/mol. The number of rotatable bonds is 1. The molecule has 1 fully saturated rings. The molecule has 1 aliphatic carbocycles. The predicted molar refractivity (Wildman–Crippen MR) is 56.0 cm³/mol. The fourth-order valence-corrected chi connectivity index (χ4v) is 2.33. The van der Waals surface area contributed by atoms with Crippen LogP contribution in [0.2, 0.25) is 5.15 Å². The van der Waals surface area contributed by atoms with Crippen LogP contribution in [0.1, 0.15) is 38.1 Å². The molecule has 1 aromatic heterocycles. The van der Waals surface area contributed by atoms with Gasteiger partial charge in [0.05, 0.1) is 5.69 Å². The maximum absolute atomic E-state index is 6.08. The Morgan fingerprint density at radius 3 is 2.71 bits per heavy atom. The smallest absolute Gasteiger partial charge is 0.302 e. The number of hydrogen-bond acceptors (Lipinski definition) is 2. The largest absolute Gasteiger partial charge is 0.397 e. The first-order valence-electron chi connectivity index (χ1n) is 5.10. The minimum absolute atomic E-state index is 0.469. The van der Waals surface area contributed by atoms with E-state index < -0.39 is 0 Å². The Morgan fingerprint density at radius 2 is 2.07 bits per heavy atom. The van der Waals surface area contributed by atoms with Crippen LogP contribution in [0.25, 0.3) is 0 Å². The summed E-state index contributed by atoms with van der Waals surface area (Å²) in [6.07, 6.45) is 7.92. The van der Waals surface area contributed by atoms with Crippen molar-refractivity contribution in [2.75, 3.05) is 5.73 Å².